The molecule has 0 aliphatic carbocycles. The standard InChI is InChI=1S/C20H19ClN4O3/c1-14-17(12-24-25(14)18-4-2-3-10-22-18)20(27)28-13-19(26)23-11-9-15-5-7-16(21)8-6-15/h2-8,10,12H,9,11,13H2,1H3,(H,23,26). The number of hydrogen-bond acceptors (Lipinski definition) is 5. The zero-order chi connectivity index (χ0) is 19.9. The quantitative estimate of drug-likeness (QED) is 0.618. The molecular weight excluding hydrogens is 380 g/mol. The lowest BCUT2D eigenvalue weighted by Gasteiger charge is -2.07. The molecule has 0 aliphatic heterocycles. The predicted molar refractivity (Wildman–Crippen MR) is 105 cm³/mol. The van der Waals surface area contributed by atoms with Gasteiger partial charge in [0.05, 0.1) is 11.9 Å². The summed E-state index contributed by atoms with van der Waals surface area (Å²) in [7, 11) is 0. The van der Waals surface area contributed by atoms with Gasteiger partial charge in [0.1, 0.15) is 5.56 Å². The lowest BCUT2D eigenvalue weighted by molar-refractivity contribution is -0.124. The van der Waals surface area contributed by atoms with Crippen LogP contribution in [0.4, 0.5) is 0 Å². The molecule has 0 radical (unpaired) electrons. The molecule has 0 saturated heterocycles. The maximum Gasteiger partial charge on any atom is 0.342 e. The molecule has 0 unspecified atom stereocenters. The number of esters is 1. The molecule has 0 bridgehead atoms. The monoisotopic (exact) mass is 398 g/mol. The summed E-state index contributed by atoms with van der Waals surface area (Å²) in [6, 6.07) is 12.8. The van der Waals surface area contributed by atoms with Gasteiger partial charge in [-0.3, -0.25) is 4.79 Å². The number of aromatic nitrogens is 3. The van der Waals surface area contributed by atoms with Gasteiger partial charge in [0.25, 0.3) is 5.91 Å². The van der Waals surface area contributed by atoms with E-state index in [0.717, 1.165) is 5.56 Å². The van der Waals surface area contributed by atoms with Gasteiger partial charge in [0.15, 0.2) is 12.4 Å². The normalized spacial score (nSPS) is 10.5. The maximum atomic E-state index is 12.3. The van der Waals surface area contributed by atoms with E-state index in [-0.39, 0.29) is 12.5 Å². The van der Waals surface area contributed by atoms with E-state index in [4.69, 9.17) is 16.3 Å². The highest BCUT2D eigenvalue weighted by Crippen LogP contribution is 2.13. The Bertz CT molecular complexity index is 955. The first-order chi connectivity index (χ1) is 13.5. The fraction of sp³-hybridized carbons (Fsp3) is 0.200. The van der Waals surface area contributed by atoms with Crippen molar-refractivity contribution in [2.45, 2.75) is 13.3 Å². The number of halogens is 1. The van der Waals surface area contributed by atoms with Crippen LogP contribution in [-0.2, 0) is 16.0 Å². The van der Waals surface area contributed by atoms with E-state index >= 15 is 0 Å². The van der Waals surface area contributed by atoms with E-state index in [1.54, 1.807) is 42.1 Å². The Balaban J connectivity index is 1.48. The number of amides is 1. The van der Waals surface area contributed by atoms with E-state index in [1.807, 2.05) is 18.2 Å². The number of benzene rings is 1. The maximum absolute atomic E-state index is 12.3. The van der Waals surface area contributed by atoms with Crippen LogP contribution in [0.25, 0.3) is 5.82 Å². The first kappa shape index (κ1) is 19.6. The smallest absolute Gasteiger partial charge is 0.342 e. The third-order valence-electron chi connectivity index (χ3n) is 4.08. The van der Waals surface area contributed by atoms with E-state index in [2.05, 4.69) is 15.4 Å². The minimum absolute atomic E-state index is 0.291. The molecule has 2 aromatic heterocycles. The number of pyridine rings is 1. The average molecular weight is 399 g/mol. The Labute approximate surface area is 167 Å². The van der Waals surface area contributed by atoms with Crippen molar-refractivity contribution in [3.05, 3.63) is 76.7 Å². The summed E-state index contributed by atoms with van der Waals surface area (Å²) >= 11 is 5.84. The summed E-state index contributed by atoms with van der Waals surface area (Å²) < 4.78 is 6.64. The molecule has 0 aliphatic rings. The molecule has 0 spiro atoms. The second-order valence-corrected chi connectivity index (χ2v) is 6.48. The Kier molecular flexibility index (Phi) is 6.39. The SMILES string of the molecule is Cc1c(C(=O)OCC(=O)NCCc2ccc(Cl)cc2)cnn1-c1ccccn1. The van der Waals surface area contributed by atoms with Gasteiger partial charge in [-0.05, 0) is 43.2 Å². The summed E-state index contributed by atoms with van der Waals surface area (Å²) in [4.78, 5) is 28.3. The number of rotatable bonds is 7. The highest BCUT2D eigenvalue weighted by atomic mass is 35.5. The molecule has 1 amide bonds. The van der Waals surface area contributed by atoms with Crippen LogP contribution in [0.5, 0.6) is 0 Å². The van der Waals surface area contributed by atoms with Gasteiger partial charge < -0.3 is 10.1 Å². The van der Waals surface area contributed by atoms with Crippen molar-refractivity contribution in [1.29, 1.82) is 0 Å². The fourth-order valence-corrected chi connectivity index (χ4v) is 2.70. The number of nitrogens with zero attached hydrogens (tertiary/aromatic N) is 3. The summed E-state index contributed by atoms with van der Waals surface area (Å²) in [5.74, 6) is -0.372. The summed E-state index contributed by atoms with van der Waals surface area (Å²) in [6.07, 6.45) is 3.71. The largest absolute Gasteiger partial charge is 0.452 e. The second-order valence-electron chi connectivity index (χ2n) is 6.05. The number of carbonyl (C=O) groups is 2. The molecule has 3 rings (SSSR count). The van der Waals surface area contributed by atoms with E-state index in [9.17, 15) is 9.59 Å². The van der Waals surface area contributed by atoms with Crippen molar-refractivity contribution < 1.29 is 14.3 Å². The fourth-order valence-electron chi connectivity index (χ4n) is 2.58. The topological polar surface area (TPSA) is 86.1 Å². The van der Waals surface area contributed by atoms with Crippen molar-refractivity contribution in [2.24, 2.45) is 0 Å². The Morgan fingerprint density at radius 2 is 1.96 bits per heavy atom. The van der Waals surface area contributed by atoms with Crippen molar-refractivity contribution in [1.82, 2.24) is 20.1 Å². The van der Waals surface area contributed by atoms with Gasteiger partial charge in [-0.2, -0.15) is 5.10 Å². The van der Waals surface area contributed by atoms with Gasteiger partial charge >= 0.3 is 5.97 Å². The van der Waals surface area contributed by atoms with Crippen LogP contribution in [0.15, 0.2) is 54.9 Å². The summed E-state index contributed by atoms with van der Waals surface area (Å²) in [6.45, 7) is 1.83. The van der Waals surface area contributed by atoms with Gasteiger partial charge in [0.2, 0.25) is 0 Å². The highest BCUT2D eigenvalue weighted by molar-refractivity contribution is 6.30. The molecule has 0 saturated carbocycles. The van der Waals surface area contributed by atoms with Crippen molar-refractivity contribution in [3.8, 4) is 5.82 Å². The Hall–Kier alpha value is -3.19. The third-order valence-corrected chi connectivity index (χ3v) is 4.33. The van der Waals surface area contributed by atoms with Crippen molar-refractivity contribution in [2.75, 3.05) is 13.2 Å². The van der Waals surface area contributed by atoms with E-state index in [1.165, 1.54) is 6.20 Å². The van der Waals surface area contributed by atoms with E-state index in [0.29, 0.717) is 35.1 Å². The van der Waals surface area contributed by atoms with Crippen LogP contribution < -0.4 is 5.32 Å². The molecular formula is C20H19ClN4O3. The zero-order valence-electron chi connectivity index (χ0n) is 15.3. The van der Waals surface area contributed by atoms with Crippen LogP contribution in [0.2, 0.25) is 5.02 Å². The molecule has 8 heteroatoms. The number of ether oxygens (including phenoxy) is 1. The Morgan fingerprint density at radius 3 is 2.68 bits per heavy atom. The number of hydrogen-bond donors (Lipinski definition) is 1. The molecule has 1 aromatic carbocycles. The van der Waals surface area contributed by atoms with Crippen molar-refractivity contribution >= 4 is 23.5 Å². The molecule has 28 heavy (non-hydrogen) atoms. The highest BCUT2D eigenvalue weighted by Gasteiger charge is 2.18. The molecule has 3 aromatic rings. The number of nitrogens with one attached hydrogen (secondary N) is 1. The lowest BCUT2D eigenvalue weighted by Crippen LogP contribution is -2.30. The van der Waals surface area contributed by atoms with Gasteiger partial charge in [0, 0.05) is 17.8 Å². The zero-order valence-corrected chi connectivity index (χ0v) is 16.0. The number of carbonyl (C=O) groups excluding carboxylic acids is 2. The molecule has 0 fully saturated rings. The molecule has 2 heterocycles. The average Bonchev–Trinajstić information content (AvgIpc) is 3.10. The van der Waals surface area contributed by atoms with Crippen LogP contribution in [0.3, 0.4) is 0 Å². The van der Waals surface area contributed by atoms with E-state index < -0.39 is 5.97 Å². The summed E-state index contributed by atoms with van der Waals surface area (Å²) in [5.41, 5.74) is 1.94. The minimum Gasteiger partial charge on any atom is -0.452 e. The molecule has 1 N–H and O–H groups in total. The van der Waals surface area contributed by atoms with Crippen LogP contribution in [0.1, 0.15) is 21.6 Å². The lowest BCUT2D eigenvalue weighted by atomic mass is 10.1. The predicted octanol–water partition coefficient (Wildman–Crippen LogP) is 2.74. The first-order valence-electron chi connectivity index (χ1n) is 8.69. The van der Waals surface area contributed by atoms with Gasteiger partial charge in [-0.25, -0.2) is 14.5 Å². The molecule has 7 nitrogen and oxygen atoms in total. The van der Waals surface area contributed by atoms with Crippen LogP contribution in [0, 0.1) is 6.92 Å². The first-order valence-corrected chi connectivity index (χ1v) is 9.06. The van der Waals surface area contributed by atoms with Crippen LogP contribution >= 0.6 is 11.6 Å². The third kappa shape index (κ3) is 4.95. The van der Waals surface area contributed by atoms with Crippen LogP contribution in [-0.4, -0.2) is 39.8 Å². The molecule has 144 valence electrons. The molecule has 0 atom stereocenters. The Morgan fingerprint density at radius 1 is 1.18 bits per heavy atom. The van der Waals surface area contributed by atoms with Gasteiger partial charge in [-0.15, -0.1) is 0 Å². The minimum atomic E-state index is -0.604. The van der Waals surface area contributed by atoms with Crippen molar-refractivity contribution in [3.63, 3.8) is 0 Å². The summed E-state index contributed by atoms with van der Waals surface area (Å²) in [5, 5.41) is 7.55. The van der Waals surface area contributed by atoms with Gasteiger partial charge in [-0.1, -0.05) is 29.8 Å². The second kappa shape index (κ2) is 9.14.